The van der Waals surface area contributed by atoms with Crippen molar-refractivity contribution < 1.29 is 9.13 Å². The zero-order chi connectivity index (χ0) is 13.5. The van der Waals surface area contributed by atoms with Crippen LogP contribution in [0.4, 0.5) is 4.39 Å². The quantitative estimate of drug-likeness (QED) is 0.817. The first-order valence-corrected chi connectivity index (χ1v) is 6.87. The third-order valence-electron chi connectivity index (χ3n) is 2.62. The number of ether oxygens (including phenoxy) is 1. The van der Waals surface area contributed by atoms with Gasteiger partial charge in [-0.05, 0) is 24.3 Å². The van der Waals surface area contributed by atoms with Crippen LogP contribution in [0.15, 0.2) is 53.0 Å². The molecule has 1 N–H and O–H groups in total. The number of halogens is 2. The average Bonchev–Trinajstić information content (AvgIpc) is 2.42. The summed E-state index contributed by atoms with van der Waals surface area (Å²) in [6.45, 7) is 1.73. The van der Waals surface area contributed by atoms with E-state index in [1.807, 2.05) is 36.4 Å². The SMILES string of the molecule is Fc1cc(Br)ccc1CNCCOc1ccccc1. The molecule has 2 aromatic carbocycles. The molecule has 100 valence electrons. The van der Waals surface area contributed by atoms with Crippen LogP contribution in [0.25, 0.3) is 0 Å². The van der Waals surface area contributed by atoms with Crippen molar-refractivity contribution in [2.24, 2.45) is 0 Å². The highest BCUT2D eigenvalue weighted by Gasteiger charge is 2.01. The first-order valence-electron chi connectivity index (χ1n) is 6.08. The van der Waals surface area contributed by atoms with Crippen molar-refractivity contribution in [2.75, 3.05) is 13.2 Å². The molecule has 2 rings (SSSR count). The number of rotatable bonds is 6. The summed E-state index contributed by atoms with van der Waals surface area (Å²) in [7, 11) is 0. The Labute approximate surface area is 120 Å². The van der Waals surface area contributed by atoms with Gasteiger partial charge in [0.2, 0.25) is 0 Å². The fourth-order valence-corrected chi connectivity index (χ4v) is 1.98. The second-order valence-corrected chi connectivity index (χ2v) is 4.99. The smallest absolute Gasteiger partial charge is 0.128 e. The molecule has 0 aromatic heterocycles. The van der Waals surface area contributed by atoms with Gasteiger partial charge in [-0.3, -0.25) is 0 Å². The molecule has 0 unspecified atom stereocenters. The first-order chi connectivity index (χ1) is 9.25. The van der Waals surface area contributed by atoms with E-state index in [0.717, 1.165) is 10.2 Å². The molecule has 19 heavy (non-hydrogen) atoms. The molecule has 0 aliphatic heterocycles. The molecule has 0 heterocycles. The lowest BCUT2D eigenvalue weighted by molar-refractivity contribution is 0.313. The molecule has 0 spiro atoms. The maximum atomic E-state index is 13.5. The van der Waals surface area contributed by atoms with Gasteiger partial charge in [0, 0.05) is 23.1 Å². The van der Waals surface area contributed by atoms with Crippen LogP contribution in [0.3, 0.4) is 0 Å². The van der Waals surface area contributed by atoms with Gasteiger partial charge in [0.05, 0.1) is 0 Å². The summed E-state index contributed by atoms with van der Waals surface area (Å²) in [4.78, 5) is 0. The Bertz CT molecular complexity index is 519. The van der Waals surface area contributed by atoms with Crippen LogP contribution < -0.4 is 10.1 Å². The Kier molecular flexibility index (Phi) is 5.36. The number of hydrogen-bond acceptors (Lipinski definition) is 2. The van der Waals surface area contributed by atoms with E-state index in [2.05, 4.69) is 21.2 Å². The van der Waals surface area contributed by atoms with E-state index in [4.69, 9.17) is 4.74 Å². The van der Waals surface area contributed by atoms with E-state index in [9.17, 15) is 4.39 Å². The molecule has 0 amide bonds. The minimum atomic E-state index is -0.203. The predicted octanol–water partition coefficient (Wildman–Crippen LogP) is 3.76. The van der Waals surface area contributed by atoms with Crippen molar-refractivity contribution in [3.8, 4) is 5.75 Å². The summed E-state index contributed by atoms with van der Waals surface area (Å²) >= 11 is 3.23. The standard InChI is InChI=1S/C15H15BrFNO/c16-13-7-6-12(15(17)10-13)11-18-8-9-19-14-4-2-1-3-5-14/h1-7,10,18H,8-9,11H2. The number of hydrogen-bond donors (Lipinski definition) is 1. The van der Waals surface area contributed by atoms with Gasteiger partial charge in [0.15, 0.2) is 0 Å². The van der Waals surface area contributed by atoms with E-state index < -0.39 is 0 Å². The zero-order valence-corrected chi connectivity index (χ0v) is 12.0. The molecular formula is C15H15BrFNO. The van der Waals surface area contributed by atoms with Gasteiger partial charge in [-0.2, -0.15) is 0 Å². The Balaban J connectivity index is 1.69. The number of benzene rings is 2. The molecule has 0 saturated carbocycles. The molecule has 0 aliphatic rings. The van der Waals surface area contributed by atoms with E-state index in [1.54, 1.807) is 6.07 Å². The lowest BCUT2D eigenvalue weighted by atomic mass is 10.2. The summed E-state index contributed by atoms with van der Waals surface area (Å²) in [5, 5.41) is 3.15. The van der Waals surface area contributed by atoms with Crippen LogP contribution in [-0.2, 0) is 6.54 Å². The fraction of sp³-hybridized carbons (Fsp3) is 0.200. The summed E-state index contributed by atoms with van der Waals surface area (Å²) in [5.74, 6) is 0.643. The molecular weight excluding hydrogens is 309 g/mol. The van der Waals surface area contributed by atoms with Crippen molar-refractivity contribution in [3.05, 3.63) is 64.4 Å². The molecule has 2 aromatic rings. The highest BCUT2D eigenvalue weighted by molar-refractivity contribution is 9.10. The van der Waals surface area contributed by atoms with Crippen molar-refractivity contribution in [1.82, 2.24) is 5.32 Å². The molecule has 0 atom stereocenters. The van der Waals surface area contributed by atoms with Crippen molar-refractivity contribution in [2.45, 2.75) is 6.54 Å². The molecule has 0 fully saturated rings. The minimum absolute atomic E-state index is 0.203. The number of para-hydroxylation sites is 1. The fourth-order valence-electron chi connectivity index (χ4n) is 1.65. The Morgan fingerprint density at radius 3 is 2.63 bits per heavy atom. The van der Waals surface area contributed by atoms with Crippen LogP contribution >= 0.6 is 15.9 Å². The largest absolute Gasteiger partial charge is 0.492 e. The van der Waals surface area contributed by atoms with Gasteiger partial charge in [0.25, 0.3) is 0 Å². The molecule has 0 radical (unpaired) electrons. The highest BCUT2D eigenvalue weighted by atomic mass is 79.9. The van der Waals surface area contributed by atoms with Crippen molar-refractivity contribution in [3.63, 3.8) is 0 Å². The van der Waals surface area contributed by atoms with Gasteiger partial charge in [-0.25, -0.2) is 4.39 Å². The van der Waals surface area contributed by atoms with Crippen LogP contribution in [0, 0.1) is 5.82 Å². The topological polar surface area (TPSA) is 21.3 Å². The maximum absolute atomic E-state index is 13.5. The third-order valence-corrected chi connectivity index (χ3v) is 3.11. The molecule has 4 heteroatoms. The average molecular weight is 324 g/mol. The second kappa shape index (κ2) is 7.26. The predicted molar refractivity (Wildman–Crippen MR) is 77.7 cm³/mol. The second-order valence-electron chi connectivity index (χ2n) is 4.07. The zero-order valence-electron chi connectivity index (χ0n) is 10.4. The van der Waals surface area contributed by atoms with Crippen LogP contribution in [-0.4, -0.2) is 13.2 Å². The summed E-state index contributed by atoms with van der Waals surface area (Å²) in [5.41, 5.74) is 0.655. The Hall–Kier alpha value is -1.39. The van der Waals surface area contributed by atoms with Crippen molar-refractivity contribution >= 4 is 15.9 Å². The summed E-state index contributed by atoms with van der Waals surface area (Å²) in [6, 6.07) is 14.7. The van der Waals surface area contributed by atoms with E-state index in [-0.39, 0.29) is 5.82 Å². The highest BCUT2D eigenvalue weighted by Crippen LogP contribution is 2.15. The minimum Gasteiger partial charge on any atom is -0.492 e. The van der Waals surface area contributed by atoms with Crippen molar-refractivity contribution in [1.29, 1.82) is 0 Å². The normalized spacial score (nSPS) is 10.4. The van der Waals surface area contributed by atoms with Gasteiger partial charge in [-0.1, -0.05) is 40.2 Å². The van der Waals surface area contributed by atoms with Crippen LogP contribution in [0.5, 0.6) is 5.75 Å². The van der Waals surface area contributed by atoms with Crippen LogP contribution in [0.2, 0.25) is 0 Å². The third kappa shape index (κ3) is 4.65. The molecule has 0 saturated heterocycles. The van der Waals surface area contributed by atoms with Gasteiger partial charge < -0.3 is 10.1 Å². The lowest BCUT2D eigenvalue weighted by Gasteiger charge is -2.08. The first kappa shape index (κ1) is 14.0. The van der Waals surface area contributed by atoms with E-state index >= 15 is 0 Å². The molecule has 0 aliphatic carbocycles. The van der Waals surface area contributed by atoms with E-state index in [0.29, 0.717) is 25.3 Å². The van der Waals surface area contributed by atoms with Crippen LogP contribution in [0.1, 0.15) is 5.56 Å². The Morgan fingerprint density at radius 1 is 1.11 bits per heavy atom. The lowest BCUT2D eigenvalue weighted by Crippen LogP contribution is -2.21. The monoisotopic (exact) mass is 323 g/mol. The van der Waals surface area contributed by atoms with E-state index in [1.165, 1.54) is 6.07 Å². The molecule has 0 bridgehead atoms. The maximum Gasteiger partial charge on any atom is 0.128 e. The summed E-state index contributed by atoms with van der Waals surface area (Å²) < 4.78 is 19.8. The van der Waals surface area contributed by atoms with Gasteiger partial charge in [-0.15, -0.1) is 0 Å². The Morgan fingerprint density at radius 2 is 1.89 bits per heavy atom. The number of nitrogens with one attached hydrogen (secondary N) is 1. The summed E-state index contributed by atoms with van der Waals surface area (Å²) in [6.07, 6.45) is 0. The van der Waals surface area contributed by atoms with Gasteiger partial charge in [0.1, 0.15) is 18.2 Å². The molecule has 2 nitrogen and oxygen atoms in total. The van der Waals surface area contributed by atoms with Gasteiger partial charge >= 0.3 is 0 Å².